The molecule has 3 rings (SSSR count). The van der Waals surface area contributed by atoms with Crippen molar-refractivity contribution in [2.24, 2.45) is 0 Å². The monoisotopic (exact) mass is 387 g/mol. The Morgan fingerprint density at radius 3 is 2.52 bits per heavy atom. The van der Waals surface area contributed by atoms with E-state index in [1.165, 1.54) is 4.88 Å². The molecule has 0 bridgehead atoms. The number of carbonyl (C=O) groups is 1. The van der Waals surface area contributed by atoms with Crippen molar-refractivity contribution in [2.45, 2.75) is 65.3 Å². The molecule has 1 amide bonds. The lowest BCUT2D eigenvalue weighted by Crippen LogP contribution is -2.51. The molecule has 1 aliphatic rings. The quantitative estimate of drug-likeness (QED) is 0.845. The van der Waals surface area contributed by atoms with Gasteiger partial charge in [0.1, 0.15) is 0 Å². The minimum absolute atomic E-state index is 0.0144. The number of nitrogens with one attached hydrogen (secondary N) is 1. The molecule has 0 radical (unpaired) electrons. The number of nitrogens with zero attached hydrogens (tertiary/aromatic N) is 2. The summed E-state index contributed by atoms with van der Waals surface area (Å²) in [5, 5.41) is 14.1. The van der Waals surface area contributed by atoms with Crippen LogP contribution in [0.25, 0.3) is 10.4 Å². The molecule has 2 N–H and O–H groups in total. The van der Waals surface area contributed by atoms with Crippen LogP contribution in [0, 0.1) is 13.8 Å². The maximum absolute atomic E-state index is 12.7. The number of β-amino-alcohol motifs (C(OH)–C–C–N with tert-alkyl or cyclic N) is 1. The van der Waals surface area contributed by atoms with Gasteiger partial charge in [0.25, 0.3) is 0 Å². The standard InChI is InChI=1S/C21H29N3O2S/c1-13-19(27-14(2)23-13)16-8-6-15(7-9-16)11-22-20(26)18-10-17(25)12-24(18)21(3,4)5/h6-9,17-18,25H,10-12H2,1-5H3,(H,22,26)/t17-,18+/m1/s1. The minimum atomic E-state index is -0.439. The van der Waals surface area contributed by atoms with E-state index in [9.17, 15) is 9.90 Å². The molecule has 146 valence electrons. The molecule has 0 unspecified atom stereocenters. The zero-order chi connectivity index (χ0) is 19.8. The van der Waals surface area contributed by atoms with E-state index in [1.54, 1.807) is 11.3 Å². The third kappa shape index (κ3) is 4.57. The fourth-order valence-corrected chi connectivity index (χ4v) is 4.61. The topological polar surface area (TPSA) is 65.5 Å². The Hall–Kier alpha value is -1.76. The van der Waals surface area contributed by atoms with E-state index in [2.05, 4.69) is 60.2 Å². The van der Waals surface area contributed by atoms with E-state index in [1.807, 2.05) is 13.8 Å². The van der Waals surface area contributed by atoms with Crippen molar-refractivity contribution in [3.05, 3.63) is 40.5 Å². The Morgan fingerprint density at radius 1 is 1.30 bits per heavy atom. The van der Waals surface area contributed by atoms with Gasteiger partial charge >= 0.3 is 0 Å². The summed E-state index contributed by atoms with van der Waals surface area (Å²) in [6.07, 6.45) is 0.0526. The molecule has 1 aromatic carbocycles. The molecule has 2 heterocycles. The summed E-state index contributed by atoms with van der Waals surface area (Å²) >= 11 is 1.70. The van der Waals surface area contributed by atoms with Gasteiger partial charge in [-0.15, -0.1) is 11.3 Å². The number of hydrogen-bond acceptors (Lipinski definition) is 5. The molecule has 1 aliphatic heterocycles. The summed E-state index contributed by atoms with van der Waals surface area (Å²) in [5.41, 5.74) is 3.13. The van der Waals surface area contributed by atoms with Crippen LogP contribution in [0.4, 0.5) is 0 Å². The predicted octanol–water partition coefficient (Wildman–Crippen LogP) is 3.28. The SMILES string of the molecule is Cc1nc(C)c(-c2ccc(CNC(=O)[C@@H]3C[C@@H](O)CN3C(C)(C)C)cc2)s1. The average Bonchev–Trinajstić information content (AvgIpc) is 3.15. The molecule has 2 atom stereocenters. The molecule has 0 spiro atoms. The highest BCUT2D eigenvalue weighted by molar-refractivity contribution is 7.15. The van der Waals surface area contributed by atoms with Crippen molar-refractivity contribution in [2.75, 3.05) is 6.54 Å². The molecule has 0 aliphatic carbocycles. The number of aryl methyl sites for hydroxylation is 2. The normalized spacial score (nSPS) is 20.8. The lowest BCUT2D eigenvalue weighted by Gasteiger charge is -2.36. The Morgan fingerprint density at radius 2 is 1.96 bits per heavy atom. The van der Waals surface area contributed by atoms with Crippen LogP contribution < -0.4 is 5.32 Å². The third-order valence-electron chi connectivity index (χ3n) is 5.03. The highest BCUT2D eigenvalue weighted by atomic mass is 32.1. The van der Waals surface area contributed by atoms with Gasteiger partial charge in [-0.25, -0.2) is 4.98 Å². The summed E-state index contributed by atoms with van der Waals surface area (Å²) < 4.78 is 0. The number of thiazole rings is 1. The maximum atomic E-state index is 12.7. The highest BCUT2D eigenvalue weighted by Gasteiger charge is 2.41. The molecule has 5 nitrogen and oxygen atoms in total. The van der Waals surface area contributed by atoms with Gasteiger partial charge in [-0.05, 0) is 52.2 Å². The summed E-state index contributed by atoms with van der Waals surface area (Å²) in [6.45, 7) is 11.3. The Labute approximate surface area is 165 Å². The Balaban J connectivity index is 1.63. The van der Waals surface area contributed by atoms with Crippen LogP contribution in [0.5, 0.6) is 0 Å². The van der Waals surface area contributed by atoms with Crippen molar-refractivity contribution in [3.63, 3.8) is 0 Å². The molecule has 6 heteroatoms. The second kappa shape index (κ2) is 7.70. The van der Waals surface area contributed by atoms with E-state index < -0.39 is 6.10 Å². The van der Waals surface area contributed by atoms with Gasteiger partial charge < -0.3 is 10.4 Å². The minimum Gasteiger partial charge on any atom is -0.392 e. The first-order valence-electron chi connectivity index (χ1n) is 9.41. The number of carbonyl (C=O) groups excluding carboxylic acids is 1. The van der Waals surface area contributed by atoms with Crippen LogP contribution in [0.2, 0.25) is 0 Å². The van der Waals surface area contributed by atoms with Gasteiger partial charge in [0.2, 0.25) is 5.91 Å². The average molecular weight is 388 g/mol. The predicted molar refractivity (Wildman–Crippen MR) is 110 cm³/mol. The number of likely N-dealkylation sites (tertiary alicyclic amines) is 1. The second-order valence-corrected chi connectivity index (χ2v) is 9.49. The Kier molecular flexibility index (Phi) is 5.70. The van der Waals surface area contributed by atoms with E-state index in [0.29, 0.717) is 19.5 Å². The number of aliphatic hydroxyl groups is 1. The summed E-state index contributed by atoms with van der Waals surface area (Å²) in [5.74, 6) is -0.0144. The fraction of sp³-hybridized carbons (Fsp3) is 0.524. The van der Waals surface area contributed by atoms with Crippen LogP contribution in [0.15, 0.2) is 24.3 Å². The number of hydrogen-bond donors (Lipinski definition) is 2. The molecular formula is C21H29N3O2S. The van der Waals surface area contributed by atoms with Crippen molar-refractivity contribution in [3.8, 4) is 10.4 Å². The van der Waals surface area contributed by atoms with Crippen molar-refractivity contribution in [1.29, 1.82) is 0 Å². The van der Waals surface area contributed by atoms with Crippen LogP contribution in [0.1, 0.15) is 43.5 Å². The van der Waals surface area contributed by atoms with Gasteiger partial charge in [-0.1, -0.05) is 24.3 Å². The first kappa shape index (κ1) is 20.0. The van der Waals surface area contributed by atoms with Crippen LogP contribution in [0.3, 0.4) is 0 Å². The maximum Gasteiger partial charge on any atom is 0.237 e. The molecule has 1 saturated heterocycles. The van der Waals surface area contributed by atoms with Crippen LogP contribution in [-0.4, -0.2) is 45.1 Å². The molecular weight excluding hydrogens is 358 g/mol. The van der Waals surface area contributed by atoms with Gasteiger partial charge in [0.15, 0.2) is 0 Å². The first-order chi connectivity index (χ1) is 12.6. The first-order valence-corrected chi connectivity index (χ1v) is 10.2. The van der Waals surface area contributed by atoms with Gasteiger partial charge in [0.05, 0.1) is 27.7 Å². The molecule has 1 fully saturated rings. The second-order valence-electron chi connectivity index (χ2n) is 8.29. The third-order valence-corrected chi connectivity index (χ3v) is 6.15. The zero-order valence-corrected chi connectivity index (χ0v) is 17.6. The Bertz CT molecular complexity index is 808. The summed E-state index contributed by atoms with van der Waals surface area (Å²) in [4.78, 5) is 20.5. The lowest BCUT2D eigenvalue weighted by molar-refractivity contribution is -0.127. The summed E-state index contributed by atoms with van der Waals surface area (Å²) in [6, 6.07) is 8.00. The van der Waals surface area contributed by atoms with Crippen molar-refractivity contribution >= 4 is 17.2 Å². The van der Waals surface area contributed by atoms with Gasteiger partial charge in [-0.3, -0.25) is 9.69 Å². The zero-order valence-electron chi connectivity index (χ0n) is 16.7. The number of benzene rings is 1. The lowest BCUT2D eigenvalue weighted by atomic mass is 10.0. The van der Waals surface area contributed by atoms with E-state index in [4.69, 9.17) is 0 Å². The van der Waals surface area contributed by atoms with Crippen molar-refractivity contribution < 1.29 is 9.90 Å². The van der Waals surface area contributed by atoms with E-state index in [0.717, 1.165) is 21.8 Å². The summed E-state index contributed by atoms with van der Waals surface area (Å²) in [7, 11) is 0. The smallest absolute Gasteiger partial charge is 0.237 e. The fourth-order valence-electron chi connectivity index (χ4n) is 3.68. The largest absolute Gasteiger partial charge is 0.392 e. The highest BCUT2D eigenvalue weighted by Crippen LogP contribution is 2.30. The molecule has 2 aromatic rings. The van der Waals surface area contributed by atoms with E-state index >= 15 is 0 Å². The number of aliphatic hydroxyl groups excluding tert-OH is 1. The molecule has 0 saturated carbocycles. The molecule has 27 heavy (non-hydrogen) atoms. The van der Waals surface area contributed by atoms with E-state index in [-0.39, 0.29) is 17.5 Å². The number of rotatable bonds is 4. The number of aromatic nitrogens is 1. The van der Waals surface area contributed by atoms with Crippen LogP contribution in [-0.2, 0) is 11.3 Å². The van der Waals surface area contributed by atoms with Crippen molar-refractivity contribution in [1.82, 2.24) is 15.2 Å². The van der Waals surface area contributed by atoms with Crippen LogP contribution >= 0.6 is 11.3 Å². The molecule has 1 aromatic heterocycles. The van der Waals surface area contributed by atoms with Gasteiger partial charge in [-0.2, -0.15) is 0 Å². The van der Waals surface area contributed by atoms with Gasteiger partial charge in [0, 0.05) is 18.6 Å². The number of amides is 1.